The molecule has 1 amide bonds. The summed E-state index contributed by atoms with van der Waals surface area (Å²) in [5.74, 6) is 0.430. The number of benzene rings is 1. The summed E-state index contributed by atoms with van der Waals surface area (Å²) in [6.45, 7) is 2.18. The maximum absolute atomic E-state index is 11.8. The Morgan fingerprint density at radius 2 is 2.06 bits per heavy atom. The van der Waals surface area contributed by atoms with Crippen LogP contribution in [-0.2, 0) is 0 Å². The lowest BCUT2D eigenvalue weighted by Crippen LogP contribution is -2.37. The van der Waals surface area contributed by atoms with Crippen molar-refractivity contribution in [2.75, 3.05) is 0 Å². The van der Waals surface area contributed by atoms with Gasteiger partial charge in [0.1, 0.15) is 0 Å². The van der Waals surface area contributed by atoms with E-state index in [1.165, 1.54) is 6.42 Å². The monoisotopic (exact) mass is 264 g/mol. The van der Waals surface area contributed by atoms with E-state index in [9.17, 15) is 4.79 Å². The number of hydrogen-bond acceptors (Lipinski definition) is 2. The van der Waals surface area contributed by atoms with Crippen molar-refractivity contribution in [3.8, 4) is 0 Å². The van der Waals surface area contributed by atoms with Crippen molar-refractivity contribution in [3.05, 3.63) is 46.6 Å². The minimum atomic E-state index is -0.147. The second kappa shape index (κ2) is 5.91. The van der Waals surface area contributed by atoms with Gasteiger partial charge in [0.05, 0.1) is 0 Å². The van der Waals surface area contributed by atoms with Crippen LogP contribution < -0.4 is 10.9 Å². The minimum absolute atomic E-state index is 0.147. The molecule has 0 fully saturated rings. The summed E-state index contributed by atoms with van der Waals surface area (Å²) in [6.07, 6.45) is 5.55. The van der Waals surface area contributed by atoms with Gasteiger partial charge >= 0.3 is 0 Å². The molecule has 1 atom stereocenters. The first kappa shape index (κ1) is 13.0. The van der Waals surface area contributed by atoms with E-state index in [2.05, 4.69) is 23.9 Å². The van der Waals surface area contributed by atoms with E-state index in [-0.39, 0.29) is 5.91 Å². The Balaban J connectivity index is 1.90. The first-order valence-corrected chi connectivity index (χ1v) is 6.55. The summed E-state index contributed by atoms with van der Waals surface area (Å²) in [6, 6.07) is 6.82. The zero-order valence-corrected chi connectivity index (χ0v) is 11.1. The number of halogens is 1. The molecule has 0 radical (unpaired) electrons. The number of carbonyl (C=O) groups excluding carboxylic acids is 1. The Morgan fingerprint density at radius 1 is 1.33 bits per heavy atom. The van der Waals surface area contributed by atoms with Gasteiger partial charge in [0.25, 0.3) is 5.91 Å². The van der Waals surface area contributed by atoms with Crippen molar-refractivity contribution < 1.29 is 4.79 Å². The second-order valence-corrected chi connectivity index (χ2v) is 5.08. The third-order valence-electron chi connectivity index (χ3n) is 3.03. The van der Waals surface area contributed by atoms with Crippen LogP contribution in [0, 0.1) is 5.92 Å². The van der Waals surface area contributed by atoms with Gasteiger partial charge in [-0.1, -0.05) is 24.6 Å². The summed E-state index contributed by atoms with van der Waals surface area (Å²) in [5.41, 5.74) is 7.39. The fraction of sp³-hybridized carbons (Fsp3) is 0.357. The van der Waals surface area contributed by atoms with Gasteiger partial charge in [-0.15, -0.1) is 0 Å². The largest absolute Gasteiger partial charge is 0.303 e. The Bertz CT molecular complexity index is 453. The lowest BCUT2D eigenvalue weighted by Gasteiger charge is -2.19. The molecule has 0 heterocycles. The topological polar surface area (TPSA) is 41.1 Å². The lowest BCUT2D eigenvalue weighted by atomic mass is 9.96. The zero-order chi connectivity index (χ0) is 13.0. The fourth-order valence-corrected chi connectivity index (χ4v) is 2.17. The Labute approximate surface area is 112 Å². The molecule has 0 spiro atoms. The fourth-order valence-electron chi connectivity index (χ4n) is 2.04. The van der Waals surface area contributed by atoms with Crippen LogP contribution in [0.5, 0.6) is 0 Å². The quantitative estimate of drug-likeness (QED) is 0.823. The standard InChI is InChI=1S/C14H17ClN2O/c1-10-3-2-4-13(9-10)16-17-14(18)11-5-7-12(15)8-6-11/h5-10,16H,2-4H2,1H3,(H,17,18)/t10-/m0/s1. The van der Waals surface area contributed by atoms with E-state index in [0.717, 1.165) is 18.5 Å². The summed E-state index contributed by atoms with van der Waals surface area (Å²) >= 11 is 5.77. The maximum Gasteiger partial charge on any atom is 0.269 e. The van der Waals surface area contributed by atoms with Crippen molar-refractivity contribution in [2.45, 2.75) is 26.2 Å². The number of hydrogen-bond donors (Lipinski definition) is 2. The predicted octanol–water partition coefficient (Wildman–Crippen LogP) is 3.28. The lowest BCUT2D eigenvalue weighted by molar-refractivity contribution is 0.0938. The molecule has 1 aliphatic carbocycles. The minimum Gasteiger partial charge on any atom is -0.303 e. The van der Waals surface area contributed by atoms with Crippen molar-refractivity contribution in [1.29, 1.82) is 0 Å². The molecule has 3 nitrogen and oxygen atoms in total. The van der Waals surface area contributed by atoms with Crippen molar-refractivity contribution in [2.24, 2.45) is 5.92 Å². The number of amides is 1. The van der Waals surface area contributed by atoms with Crippen LogP contribution in [-0.4, -0.2) is 5.91 Å². The molecule has 1 aliphatic rings. The number of hydrazine groups is 1. The van der Waals surface area contributed by atoms with Gasteiger partial charge in [0, 0.05) is 16.3 Å². The van der Waals surface area contributed by atoms with Crippen molar-refractivity contribution >= 4 is 17.5 Å². The van der Waals surface area contributed by atoms with E-state index in [4.69, 9.17) is 11.6 Å². The van der Waals surface area contributed by atoms with Gasteiger partial charge in [-0.25, -0.2) is 0 Å². The molecule has 96 valence electrons. The van der Waals surface area contributed by atoms with Crippen LogP contribution in [0.4, 0.5) is 0 Å². The average Bonchev–Trinajstić information content (AvgIpc) is 2.37. The predicted molar refractivity (Wildman–Crippen MR) is 73.2 cm³/mol. The summed E-state index contributed by atoms with van der Waals surface area (Å²) in [4.78, 5) is 11.8. The third-order valence-corrected chi connectivity index (χ3v) is 3.29. The third kappa shape index (κ3) is 3.50. The van der Waals surface area contributed by atoms with Gasteiger partial charge in [0.2, 0.25) is 0 Å². The molecule has 18 heavy (non-hydrogen) atoms. The molecule has 1 aromatic carbocycles. The van der Waals surface area contributed by atoms with E-state index in [0.29, 0.717) is 16.5 Å². The van der Waals surface area contributed by atoms with Crippen LogP contribution in [0.2, 0.25) is 5.02 Å². The van der Waals surface area contributed by atoms with Crippen molar-refractivity contribution in [1.82, 2.24) is 10.9 Å². The molecule has 1 aromatic rings. The summed E-state index contributed by atoms with van der Waals surface area (Å²) in [5, 5.41) is 0.628. The van der Waals surface area contributed by atoms with Crippen LogP contribution in [0.3, 0.4) is 0 Å². The number of rotatable bonds is 3. The highest BCUT2D eigenvalue weighted by Crippen LogP contribution is 2.20. The van der Waals surface area contributed by atoms with Gasteiger partial charge in [-0.05, 0) is 49.4 Å². The zero-order valence-electron chi connectivity index (χ0n) is 10.4. The first-order chi connectivity index (χ1) is 8.65. The molecule has 0 unspecified atom stereocenters. The number of allylic oxidation sites excluding steroid dienone is 2. The maximum atomic E-state index is 11.8. The molecule has 4 heteroatoms. The molecule has 0 saturated heterocycles. The van der Waals surface area contributed by atoms with Crippen molar-refractivity contribution in [3.63, 3.8) is 0 Å². The van der Waals surface area contributed by atoms with Gasteiger partial charge in [0.15, 0.2) is 0 Å². The van der Waals surface area contributed by atoms with E-state index >= 15 is 0 Å². The SMILES string of the molecule is C[C@@H]1C=C(NNC(=O)c2ccc(Cl)cc2)CCC1. The molecule has 0 saturated carbocycles. The average molecular weight is 265 g/mol. The first-order valence-electron chi connectivity index (χ1n) is 6.18. The van der Waals surface area contributed by atoms with Gasteiger partial charge < -0.3 is 5.43 Å². The highest BCUT2D eigenvalue weighted by atomic mass is 35.5. The molecule has 0 aliphatic heterocycles. The second-order valence-electron chi connectivity index (χ2n) is 4.65. The van der Waals surface area contributed by atoms with Crippen LogP contribution in [0.15, 0.2) is 36.0 Å². The molecule has 0 aromatic heterocycles. The molecule has 2 rings (SSSR count). The number of nitrogens with one attached hydrogen (secondary N) is 2. The Kier molecular flexibility index (Phi) is 4.26. The normalized spacial score (nSPS) is 19.0. The van der Waals surface area contributed by atoms with E-state index in [1.807, 2.05) is 0 Å². The Morgan fingerprint density at radius 3 is 2.72 bits per heavy atom. The number of carbonyl (C=O) groups is 1. The summed E-state index contributed by atoms with van der Waals surface area (Å²) in [7, 11) is 0. The van der Waals surface area contributed by atoms with Crippen LogP contribution in [0.25, 0.3) is 0 Å². The molecular formula is C14H17ClN2O. The van der Waals surface area contributed by atoms with E-state index in [1.54, 1.807) is 24.3 Å². The molecule has 0 bridgehead atoms. The van der Waals surface area contributed by atoms with Crippen LogP contribution in [0.1, 0.15) is 36.5 Å². The van der Waals surface area contributed by atoms with E-state index < -0.39 is 0 Å². The van der Waals surface area contributed by atoms with Gasteiger partial charge in [-0.3, -0.25) is 10.2 Å². The van der Waals surface area contributed by atoms with Gasteiger partial charge in [-0.2, -0.15) is 0 Å². The molecule has 2 N–H and O–H groups in total. The molecular weight excluding hydrogens is 248 g/mol. The summed E-state index contributed by atoms with van der Waals surface area (Å²) < 4.78 is 0. The Hall–Kier alpha value is -1.48. The smallest absolute Gasteiger partial charge is 0.269 e. The highest BCUT2D eigenvalue weighted by molar-refractivity contribution is 6.30. The highest BCUT2D eigenvalue weighted by Gasteiger charge is 2.10. The van der Waals surface area contributed by atoms with Crippen LogP contribution >= 0.6 is 11.6 Å².